The third-order valence-electron chi connectivity index (χ3n) is 2.29. The molecular formula is C10H12N. The lowest BCUT2D eigenvalue weighted by Gasteiger charge is -2.09. The molecule has 11 heavy (non-hydrogen) atoms. The minimum absolute atomic E-state index is 1.11. The Balaban J connectivity index is 2.27. The molecule has 0 bridgehead atoms. The van der Waals surface area contributed by atoms with Gasteiger partial charge in [0, 0.05) is 13.1 Å². The molecule has 0 fully saturated rings. The van der Waals surface area contributed by atoms with E-state index in [4.69, 9.17) is 0 Å². The molecule has 0 amide bonds. The molecule has 1 aliphatic rings. The van der Waals surface area contributed by atoms with Crippen LogP contribution in [0.1, 0.15) is 18.1 Å². The van der Waals surface area contributed by atoms with Crippen molar-refractivity contribution in [2.45, 2.75) is 20.0 Å². The van der Waals surface area contributed by atoms with Gasteiger partial charge in [-0.25, -0.2) is 0 Å². The van der Waals surface area contributed by atoms with Crippen LogP contribution in [0.2, 0.25) is 0 Å². The van der Waals surface area contributed by atoms with E-state index in [9.17, 15) is 0 Å². The molecule has 1 aromatic carbocycles. The number of benzene rings is 1. The lowest BCUT2D eigenvalue weighted by molar-refractivity contribution is 0.301. The van der Waals surface area contributed by atoms with Gasteiger partial charge in [-0.3, -0.25) is 4.90 Å². The summed E-state index contributed by atoms with van der Waals surface area (Å²) in [4.78, 5) is 2.43. The van der Waals surface area contributed by atoms with Crippen LogP contribution in [0.4, 0.5) is 0 Å². The summed E-state index contributed by atoms with van der Waals surface area (Å²) in [6, 6.07) is 9.38. The van der Waals surface area contributed by atoms with Gasteiger partial charge in [0.1, 0.15) is 0 Å². The molecule has 0 aliphatic carbocycles. The van der Waals surface area contributed by atoms with Crippen LogP contribution in [0.3, 0.4) is 0 Å². The quantitative estimate of drug-likeness (QED) is 0.584. The minimum atomic E-state index is 1.11. The maximum Gasteiger partial charge on any atom is 0.0240 e. The fourth-order valence-corrected chi connectivity index (χ4v) is 1.56. The molecule has 1 aliphatic heterocycles. The largest absolute Gasteiger partial charge is 0.295 e. The van der Waals surface area contributed by atoms with Crippen molar-refractivity contribution < 1.29 is 0 Å². The SMILES string of the molecule is CCN1Cc2c[c]ccc2C1. The zero-order valence-electron chi connectivity index (χ0n) is 6.80. The number of nitrogens with zero attached hydrogens (tertiary/aromatic N) is 1. The molecule has 1 heteroatoms. The highest BCUT2D eigenvalue weighted by molar-refractivity contribution is 5.29. The minimum Gasteiger partial charge on any atom is -0.295 e. The predicted molar refractivity (Wildman–Crippen MR) is 45.1 cm³/mol. The van der Waals surface area contributed by atoms with Gasteiger partial charge in [-0.1, -0.05) is 19.1 Å². The van der Waals surface area contributed by atoms with Gasteiger partial charge < -0.3 is 0 Å². The summed E-state index contributed by atoms with van der Waals surface area (Å²) >= 11 is 0. The van der Waals surface area contributed by atoms with E-state index in [1.54, 1.807) is 0 Å². The standard InChI is InChI=1S/C10H12N/c1-2-11-7-9-5-3-4-6-10(9)8-11/h3,5-6H,2,7-8H2,1H3. The highest BCUT2D eigenvalue weighted by Crippen LogP contribution is 2.20. The first-order valence-corrected chi connectivity index (χ1v) is 4.10. The summed E-state index contributed by atoms with van der Waals surface area (Å²) in [5, 5.41) is 0. The lowest BCUT2D eigenvalue weighted by atomic mass is 10.1. The Morgan fingerprint density at radius 1 is 1.45 bits per heavy atom. The van der Waals surface area contributed by atoms with Gasteiger partial charge in [-0.15, -0.1) is 0 Å². The molecule has 0 aromatic heterocycles. The molecule has 0 unspecified atom stereocenters. The maximum atomic E-state index is 3.11. The summed E-state index contributed by atoms with van der Waals surface area (Å²) in [5.41, 5.74) is 2.93. The van der Waals surface area contributed by atoms with Crippen LogP contribution in [-0.4, -0.2) is 11.4 Å². The van der Waals surface area contributed by atoms with Gasteiger partial charge >= 0.3 is 0 Å². The van der Waals surface area contributed by atoms with Gasteiger partial charge in [-0.2, -0.15) is 0 Å². The fourth-order valence-electron chi connectivity index (χ4n) is 1.56. The zero-order valence-corrected chi connectivity index (χ0v) is 6.80. The van der Waals surface area contributed by atoms with Crippen molar-refractivity contribution >= 4 is 0 Å². The van der Waals surface area contributed by atoms with Crippen molar-refractivity contribution in [3.63, 3.8) is 0 Å². The lowest BCUT2D eigenvalue weighted by Crippen LogP contribution is -2.14. The zero-order chi connectivity index (χ0) is 7.68. The Kier molecular flexibility index (Phi) is 1.66. The predicted octanol–water partition coefficient (Wildman–Crippen LogP) is 1.82. The number of hydrogen-bond acceptors (Lipinski definition) is 1. The molecule has 0 spiro atoms. The van der Waals surface area contributed by atoms with Crippen molar-refractivity contribution in [3.8, 4) is 0 Å². The van der Waals surface area contributed by atoms with Crippen LogP contribution in [0, 0.1) is 6.07 Å². The van der Waals surface area contributed by atoms with Crippen molar-refractivity contribution in [3.05, 3.63) is 35.4 Å². The van der Waals surface area contributed by atoms with E-state index in [-0.39, 0.29) is 0 Å². The van der Waals surface area contributed by atoms with Gasteiger partial charge in [0.25, 0.3) is 0 Å². The van der Waals surface area contributed by atoms with Gasteiger partial charge in [0.15, 0.2) is 0 Å². The van der Waals surface area contributed by atoms with Gasteiger partial charge in [0.05, 0.1) is 0 Å². The Morgan fingerprint density at radius 3 is 3.00 bits per heavy atom. The molecule has 0 saturated heterocycles. The van der Waals surface area contributed by atoms with E-state index in [0.29, 0.717) is 0 Å². The van der Waals surface area contributed by atoms with Crippen molar-refractivity contribution in [2.24, 2.45) is 0 Å². The molecule has 1 aromatic rings. The van der Waals surface area contributed by atoms with Crippen molar-refractivity contribution in [1.82, 2.24) is 4.90 Å². The highest BCUT2D eigenvalue weighted by Gasteiger charge is 2.15. The second-order valence-electron chi connectivity index (χ2n) is 3.00. The van der Waals surface area contributed by atoms with Crippen LogP contribution in [0.25, 0.3) is 0 Å². The monoisotopic (exact) mass is 146 g/mol. The van der Waals surface area contributed by atoms with E-state index >= 15 is 0 Å². The molecule has 1 radical (unpaired) electrons. The van der Waals surface area contributed by atoms with Crippen LogP contribution in [0.15, 0.2) is 18.2 Å². The first-order valence-electron chi connectivity index (χ1n) is 4.10. The third kappa shape index (κ3) is 1.16. The highest BCUT2D eigenvalue weighted by atomic mass is 15.1. The van der Waals surface area contributed by atoms with Crippen molar-refractivity contribution in [2.75, 3.05) is 6.54 Å². The molecule has 0 N–H and O–H groups in total. The smallest absolute Gasteiger partial charge is 0.0240 e. The second-order valence-corrected chi connectivity index (χ2v) is 3.00. The Hall–Kier alpha value is -0.820. The van der Waals surface area contributed by atoms with Gasteiger partial charge in [-0.05, 0) is 29.8 Å². The molecule has 0 atom stereocenters. The van der Waals surface area contributed by atoms with E-state index in [2.05, 4.69) is 30.0 Å². The summed E-state index contributed by atoms with van der Waals surface area (Å²) < 4.78 is 0. The number of hydrogen-bond donors (Lipinski definition) is 0. The van der Waals surface area contributed by atoms with E-state index in [0.717, 1.165) is 19.6 Å². The number of rotatable bonds is 1. The average molecular weight is 146 g/mol. The Labute approximate surface area is 67.6 Å². The van der Waals surface area contributed by atoms with E-state index < -0.39 is 0 Å². The first-order chi connectivity index (χ1) is 5.40. The molecule has 1 nitrogen and oxygen atoms in total. The molecule has 0 saturated carbocycles. The molecule has 57 valence electrons. The topological polar surface area (TPSA) is 3.24 Å². The Bertz CT molecular complexity index is 230. The summed E-state index contributed by atoms with van der Waals surface area (Å²) in [7, 11) is 0. The molecule has 2 rings (SSSR count). The van der Waals surface area contributed by atoms with Gasteiger partial charge in [0.2, 0.25) is 0 Å². The maximum absolute atomic E-state index is 3.11. The third-order valence-corrected chi connectivity index (χ3v) is 2.29. The van der Waals surface area contributed by atoms with E-state index in [1.165, 1.54) is 11.1 Å². The average Bonchev–Trinajstić information content (AvgIpc) is 2.46. The normalized spacial score (nSPS) is 16.8. The Morgan fingerprint density at radius 2 is 2.27 bits per heavy atom. The van der Waals surface area contributed by atoms with Crippen LogP contribution in [0.5, 0.6) is 0 Å². The summed E-state index contributed by atoms with van der Waals surface area (Å²) in [6.45, 7) is 5.59. The molecule has 1 heterocycles. The first kappa shape index (κ1) is 6.86. The van der Waals surface area contributed by atoms with Crippen molar-refractivity contribution in [1.29, 1.82) is 0 Å². The number of fused-ring (bicyclic) bond motifs is 1. The van der Waals surface area contributed by atoms with Crippen LogP contribution < -0.4 is 0 Å². The summed E-state index contributed by atoms with van der Waals surface area (Å²) in [6.07, 6.45) is 0. The van der Waals surface area contributed by atoms with Crippen LogP contribution >= 0.6 is 0 Å². The van der Waals surface area contributed by atoms with E-state index in [1.807, 2.05) is 6.07 Å². The second kappa shape index (κ2) is 2.67. The van der Waals surface area contributed by atoms with Crippen LogP contribution in [-0.2, 0) is 13.1 Å². The molecular weight excluding hydrogens is 134 g/mol. The fraction of sp³-hybridized carbons (Fsp3) is 0.400. The summed E-state index contributed by atoms with van der Waals surface area (Å²) in [5.74, 6) is 0.